The fraction of sp³-hybridized carbons (Fsp3) is 0.208. The molecule has 7 nitrogen and oxygen atoms in total. The van der Waals surface area contributed by atoms with Crippen molar-refractivity contribution in [1.82, 2.24) is 19.6 Å². The third-order valence-electron chi connectivity index (χ3n) is 5.41. The van der Waals surface area contributed by atoms with Crippen LogP contribution in [0.4, 0.5) is 0 Å². The first-order chi connectivity index (χ1) is 16.1. The van der Waals surface area contributed by atoms with Crippen molar-refractivity contribution in [3.63, 3.8) is 0 Å². The van der Waals surface area contributed by atoms with Crippen LogP contribution < -0.4 is 14.2 Å². The zero-order chi connectivity index (χ0) is 22.9. The number of fused-ring (bicyclic) bond motifs is 3. The molecule has 0 unspecified atom stereocenters. The smallest absolute Gasteiger partial charge is 0.196 e. The Morgan fingerprint density at radius 2 is 1.79 bits per heavy atom. The van der Waals surface area contributed by atoms with Crippen LogP contribution in [0.25, 0.3) is 27.1 Å². The molecule has 0 radical (unpaired) electrons. The molecule has 0 N–H and O–H groups in total. The highest BCUT2D eigenvalue weighted by atomic mass is 32.2. The molecule has 2 aromatic carbocycles. The highest BCUT2D eigenvalue weighted by molar-refractivity contribution is 7.98. The van der Waals surface area contributed by atoms with Gasteiger partial charge in [0.2, 0.25) is 0 Å². The van der Waals surface area contributed by atoms with Crippen LogP contribution in [-0.2, 0) is 5.75 Å². The number of pyridine rings is 1. The lowest BCUT2D eigenvalue weighted by atomic mass is 10.1. The summed E-state index contributed by atoms with van der Waals surface area (Å²) in [6, 6.07) is 14.0. The molecule has 9 heteroatoms. The van der Waals surface area contributed by atoms with E-state index in [2.05, 4.69) is 39.0 Å². The molecular weight excluding hydrogens is 456 g/mol. The fourth-order valence-electron chi connectivity index (χ4n) is 3.74. The van der Waals surface area contributed by atoms with Crippen molar-refractivity contribution < 1.29 is 14.2 Å². The number of thiazole rings is 1. The van der Waals surface area contributed by atoms with Gasteiger partial charge in [-0.2, -0.15) is 0 Å². The monoisotopic (exact) mass is 478 g/mol. The lowest BCUT2D eigenvalue weighted by Crippen LogP contribution is -1.95. The van der Waals surface area contributed by atoms with Gasteiger partial charge in [0.25, 0.3) is 0 Å². The standard InChI is InChI=1S/C24H22N4O3S2/c1-14-9-22-26-27-24(28(22)19-11-17(29-2)6-7-18(14)19)33-13-16-12-32-23(25-16)15-5-8-20(30-3)21(10-15)31-4/h5-12H,13H2,1-4H3. The van der Waals surface area contributed by atoms with E-state index in [9.17, 15) is 0 Å². The molecule has 3 aromatic heterocycles. The average molecular weight is 479 g/mol. The van der Waals surface area contributed by atoms with Gasteiger partial charge in [-0.1, -0.05) is 11.8 Å². The minimum Gasteiger partial charge on any atom is -0.497 e. The van der Waals surface area contributed by atoms with Crippen molar-refractivity contribution in [3.05, 3.63) is 59.1 Å². The quantitative estimate of drug-likeness (QED) is 0.281. The van der Waals surface area contributed by atoms with E-state index in [1.54, 1.807) is 44.4 Å². The number of hydrogen-bond donors (Lipinski definition) is 0. The van der Waals surface area contributed by atoms with Gasteiger partial charge in [-0.05, 0) is 48.9 Å². The zero-order valence-corrected chi connectivity index (χ0v) is 20.3. The molecule has 168 valence electrons. The van der Waals surface area contributed by atoms with Crippen molar-refractivity contribution in [2.75, 3.05) is 21.3 Å². The molecule has 0 aliphatic carbocycles. The second-order valence-electron chi connectivity index (χ2n) is 7.39. The lowest BCUT2D eigenvalue weighted by molar-refractivity contribution is 0.355. The Balaban J connectivity index is 1.43. The maximum absolute atomic E-state index is 5.45. The molecule has 0 saturated heterocycles. The molecule has 0 saturated carbocycles. The van der Waals surface area contributed by atoms with Crippen molar-refractivity contribution in [2.24, 2.45) is 0 Å². The van der Waals surface area contributed by atoms with Crippen LogP contribution in [0.5, 0.6) is 17.2 Å². The summed E-state index contributed by atoms with van der Waals surface area (Å²) in [7, 11) is 4.94. The molecule has 0 fully saturated rings. The Kier molecular flexibility index (Phi) is 5.82. The Labute approximate surface area is 199 Å². The molecule has 0 atom stereocenters. The first-order valence-corrected chi connectivity index (χ1v) is 12.1. The molecule has 0 spiro atoms. The van der Waals surface area contributed by atoms with Crippen LogP contribution in [0.1, 0.15) is 11.3 Å². The number of aryl methyl sites for hydroxylation is 1. The van der Waals surface area contributed by atoms with E-state index < -0.39 is 0 Å². The van der Waals surface area contributed by atoms with Crippen LogP contribution in [0.15, 0.2) is 53.0 Å². The number of benzene rings is 2. The van der Waals surface area contributed by atoms with Gasteiger partial charge in [0.15, 0.2) is 22.3 Å². The van der Waals surface area contributed by atoms with Gasteiger partial charge in [-0.25, -0.2) is 4.98 Å². The first kappa shape index (κ1) is 21.5. The summed E-state index contributed by atoms with van der Waals surface area (Å²) in [5, 5.41) is 13.8. The van der Waals surface area contributed by atoms with Crippen molar-refractivity contribution in [1.29, 1.82) is 0 Å². The van der Waals surface area contributed by atoms with Gasteiger partial charge in [0, 0.05) is 28.1 Å². The fourth-order valence-corrected chi connectivity index (χ4v) is 5.50. The normalized spacial score (nSPS) is 11.3. The van der Waals surface area contributed by atoms with Gasteiger partial charge in [-0.3, -0.25) is 4.40 Å². The summed E-state index contributed by atoms with van der Waals surface area (Å²) in [6.45, 7) is 2.08. The van der Waals surface area contributed by atoms with Crippen LogP contribution >= 0.6 is 23.1 Å². The van der Waals surface area contributed by atoms with Crippen LogP contribution in [-0.4, -0.2) is 40.9 Å². The van der Waals surface area contributed by atoms with Crippen molar-refractivity contribution >= 4 is 39.6 Å². The Bertz CT molecular complexity index is 1460. The third kappa shape index (κ3) is 3.98. The Hall–Kier alpha value is -3.30. The maximum Gasteiger partial charge on any atom is 0.196 e. The Morgan fingerprint density at radius 3 is 2.58 bits per heavy atom. The van der Waals surface area contributed by atoms with Gasteiger partial charge in [0.1, 0.15) is 10.8 Å². The first-order valence-electron chi connectivity index (χ1n) is 10.2. The number of rotatable bonds is 7. The maximum atomic E-state index is 5.45. The van der Waals surface area contributed by atoms with E-state index >= 15 is 0 Å². The van der Waals surface area contributed by atoms with E-state index in [0.29, 0.717) is 17.3 Å². The average Bonchev–Trinajstić information content (AvgIpc) is 3.49. The van der Waals surface area contributed by atoms with E-state index in [1.165, 1.54) is 0 Å². The summed E-state index contributed by atoms with van der Waals surface area (Å²) >= 11 is 3.22. The van der Waals surface area contributed by atoms with Gasteiger partial charge in [0.05, 0.1) is 32.5 Å². The van der Waals surface area contributed by atoms with Crippen molar-refractivity contribution in [2.45, 2.75) is 17.8 Å². The second kappa shape index (κ2) is 8.92. The number of thioether (sulfide) groups is 1. The number of nitrogens with zero attached hydrogens (tertiary/aromatic N) is 4. The van der Waals surface area contributed by atoms with Crippen LogP contribution in [0.2, 0.25) is 0 Å². The van der Waals surface area contributed by atoms with E-state index in [-0.39, 0.29) is 0 Å². The predicted octanol–water partition coefficient (Wildman–Crippen LogP) is 5.63. The van der Waals surface area contributed by atoms with Gasteiger partial charge < -0.3 is 14.2 Å². The minimum absolute atomic E-state index is 0.684. The predicted molar refractivity (Wildman–Crippen MR) is 132 cm³/mol. The largest absolute Gasteiger partial charge is 0.497 e. The zero-order valence-electron chi connectivity index (χ0n) is 18.7. The molecule has 3 heterocycles. The summed E-state index contributed by atoms with van der Waals surface area (Å²) in [4.78, 5) is 4.82. The molecule has 5 rings (SSSR count). The third-order valence-corrected chi connectivity index (χ3v) is 7.31. The summed E-state index contributed by atoms with van der Waals surface area (Å²) in [5.41, 5.74) is 4.99. The number of methoxy groups -OCH3 is 3. The minimum atomic E-state index is 0.684. The summed E-state index contributed by atoms with van der Waals surface area (Å²) < 4.78 is 18.3. The van der Waals surface area contributed by atoms with E-state index in [0.717, 1.165) is 49.3 Å². The second-order valence-corrected chi connectivity index (χ2v) is 9.19. The molecule has 0 amide bonds. The molecular formula is C24H22N4O3S2. The van der Waals surface area contributed by atoms with Crippen LogP contribution in [0.3, 0.4) is 0 Å². The highest BCUT2D eigenvalue weighted by Crippen LogP contribution is 2.35. The van der Waals surface area contributed by atoms with Gasteiger partial charge in [-0.15, -0.1) is 21.5 Å². The van der Waals surface area contributed by atoms with E-state index in [1.807, 2.05) is 30.3 Å². The number of hydrogen-bond acceptors (Lipinski definition) is 8. The topological polar surface area (TPSA) is 70.8 Å². The summed E-state index contributed by atoms with van der Waals surface area (Å²) in [6.07, 6.45) is 0. The molecule has 0 aliphatic rings. The SMILES string of the molecule is COc1ccc2c(C)cc3nnc(SCc4csc(-c5ccc(OC)c(OC)c5)n4)n3c2c1. The van der Waals surface area contributed by atoms with Crippen molar-refractivity contribution in [3.8, 4) is 27.8 Å². The van der Waals surface area contributed by atoms with Crippen LogP contribution in [0, 0.1) is 6.92 Å². The van der Waals surface area contributed by atoms with E-state index in [4.69, 9.17) is 19.2 Å². The number of aromatic nitrogens is 4. The Morgan fingerprint density at radius 1 is 0.939 bits per heavy atom. The summed E-state index contributed by atoms with van der Waals surface area (Å²) in [5.74, 6) is 2.88. The molecule has 0 bridgehead atoms. The lowest BCUT2D eigenvalue weighted by Gasteiger charge is -2.09. The highest BCUT2D eigenvalue weighted by Gasteiger charge is 2.14. The molecule has 0 aliphatic heterocycles. The molecule has 33 heavy (non-hydrogen) atoms. The molecule has 5 aromatic rings. The number of ether oxygens (including phenoxy) is 3. The van der Waals surface area contributed by atoms with Gasteiger partial charge >= 0.3 is 0 Å².